The second-order valence-corrected chi connectivity index (χ2v) is 7.98. The van der Waals surface area contributed by atoms with Crippen LogP contribution in [0.15, 0.2) is 24.3 Å². The average molecular weight is 505 g/mol. The minimum atomic E-state index is -0.419. The first kappa shape index (κ1) is 30.0. The summed E-state index contributed by atoms with van der Waals surface area (Å²) >= 11 is 0. The quantitative estimate of drug-likeness (QED) is 0.403. The van der Waals surface area contributed by atoms with Crippen molar-refractivity contribution in [2.45, 2.75) is 68.0 Å². The summed E-state index contributed by atoms with van der Waals surface area (Å²) in [5.74, 6) is -1.70. The Morgan fingerprint density at radius 1 is 0.528 bits per heavy atom. The van der Waals surface area contributed by atoms with Crippen LogP contribution in [0, 0.1) is 13.8 Å². The van der Waals surface area contributed by atoms with Crippen molar-refractivity contribution in [2.24, 2.45) is 0 Å². The van der Waals surface area contributed by atoms with Gasteiger partial charge in [-0.25, -0.2) is 0 Å². The van der Waals surface area contributed by atoms with E-state index in [4.69, 9.17) is 18.9 Å². The van der Waals surface area contributed by atoms with E-state index in [9.17, 15) is 29.4 Å². The molecule has 10 nitrogen and oxygen atoms in total. The molecule has 2 N–H and O–H groups in total. The number of hydrogen-bond acceptors (Lipinski definition) is 10. The molecule has 10 heteroatoms. The third-order valence-electron chi connectivity index (χ3n) is 4.55. The van der Waals surface area contributed by atoms with Gasteiger partial charge in [-0.1, -0.05) is 11.1 Å². The molecule has 0 saturated carbocycles. The molecule has 2 aromatic rings. The molecule has 2 rings (SSSR count). The smallest absolute Gasteiger partial charge is 0.302 e. The molecule has 0 fully saturated rings. The minimum absolute atomic E-state index is 0.00405. The van der Waals surface area contributed by atoms with Gasteiger partial charge in [0.2, 0.25) is 0 Å². The zero-order chi connectivity index (χ0) is 27.4. The van der Waals surface area contributed by atoms with Crippen LogP contribution in [0.25, 0.3) is 0 Å². The van der Waals surface area contributed by atoms with Crippen LogP contribution < -0.4 is 0 Å². The summed E-state index contributed by atoms with van der Waals surface area (Å²) in [4.78, 5) is 43.0. The van der Waals surface area contributed by atoms with E-state index in [1.807, 2.05) is 13.8 Å². The zero-order valence-electron chi connectivity index (χ0n) is 21.3. The second-order valence-electron chi connectivity index (χ2n) is 7.98. The summed E-state index contributed by atoms with van der Waals surface area (Å²) in [6, 6.07) is 6.87. The number of hydrogen-bond donors (Lipinski definition) is 2. The maximum Gasteiger partial charge on any atom is 0.302 e. The SMILES string of the molecule is CC(=O)OCc1cc(C)cc(COC(C)=O)c1O.CC(=O)OCc1cc(C)cc(COC(C)=O)c1O. The van der Waals surface area contributed by atoms with Crippen molar-refractivity contribution in [3.63, 3.8) is 0 Å². The standard InChI is InChI=1S/2C13H16O5/c2*1-8-4-11(6-17-9(2)14)13(16)12(5-8)7-18-10(3)15/h2*4-5,16H,6-7H2,1-3H3. The highest BCUT2D eigenvalue weighted by molar-refractivity contribution is 5.67. The largest absolute Gasteiger partial charge is 0.507 e. The molecule has 196 valence electrons. The van der Waals surface area contributed by atoms with Crippen molar-refractivity contribution in [1.82, 2.24) is 0 Å². The molecule has 0 heterocycles. The Hall–Kier alpha value is -4.08. The first-order chi connectivity index (χ1) is 16.8. The van der Waals surface area contributed by atoms with Gasteiger partial charge in [0.1, 0.15) is 37.9 Å². The molecule has 0 amide bonds. The lowest BCUT2D eigenvalue weighted by Gasteiger charge is -2.11. The summed E-state index contributed by atoms with van der Waals surface area (Å²) in [5, 5.41) is 19.9. The van der Waals surface area contributed by atoms with Crippen LogP contribution in [0.5, 0.6) is 11.5 Å². The maximum absolute atomic E-state index is 10.7. The number of carbonyl (C=O) groups excluding carboxylic acids is 4. The molecule has 0 unspecified atom stereocenters. The van der Waals surface area contributed by atoms with Gasteiger partial charge < -0.3 is 29.2 Å². The van der Waals surface area contributed by atoms with Gasteiger partial charge in [0, 0.05) is 49.9 Å². The Morgan fingerprint density at radius 3 is 0.889 bits per heavy atom. The first-order valence-electron chi connectivity index (χ1n) is 11.0. The molecule has 0 aliphatic rings. The van der Waals surface area contributed by atoms with Crippen LogP contribution >= 0.6 is 0 Å². The Balaban J connectivity index is 0.000000360. The van der Waals surface area contributed by atoms with Crippen molar-refractivity contribution in [1.29, 1.82) is 0 Å². The van der Waals surface area contributed by atoms with Gasteiger partial charge in [-0.3, -0.25) is 19.2 Å². The molecule has 0 radical (unpaired) electrons. The lowest BCUT2D eigenvalue weighted by molar-refractivity contribution is -0.143. The average Bonchev–Trinajstić information content (AvgIpc) is 2.77. The van der Waals surface area contributed by atoms with Gasteiger partial charge >= 0.3 is 23.9 Å². The van der Waals surface area contributed by atoms with Crippen molar-refractivity contribution < 1.29 is 48.3 Å². The summed E-state index contributed by atoms with van der Waals surface area (Å²) in [6.45, 7) is 8.86. The van der Waals surface area contributed by atoms with E-state index >= 15 is 0 Å². The van der Waals surface area contributed by atoms with E-state index in [1.54, 1.807) is 24.3 Å². The van der Waals surface area contributed by atoms with Crippen molar-refractivity contribution in [2.75, 3.05) is 0 Å². The van der Waals surface area contributed by atoms with Crippen LogP contribution in [0.1, 0.15) is 61.1 Å². The van der Waals surface area contributed by atoms with Crippen LogP contribution in [-0.4, -0.2) is 34.1 Å². The molecule has 0 spiro atoms. The number of benzene rings is 2. The Kier molecular flexibility index (Phi) is 11.9. The molecule has 36 heavy (non-hydrogen) atoms. The van der Waals surface area contributed by atoms with Gasteiger partial charge in [0.05, 0.1) is 0 Å². The van der Waals surface area contributed by atoms with Gasteiger partial charge in [0.15, 0.2) is 0 Å². The molecule has 0 saturated heterocycles. The van der Waals surface area contributed by atoms with Crippen LogP contribution in [0.4, 0.5) is 0 Å². The molecule has 2 aromatic carbocycles. The van der Waals surface area contributed by atoms with Gasteiger partial charge in [-0.2, -0.15) is 0 Å². The summed E-state index contributed by atoms with van der Waals surface area (Å²) < 4.78 is 19.4. The number of carbonyl (C=O) groups is 4. The van der Waals surface area contributed by atoms with E-state index in [-0.39, 0.29) is 37.9 Å². The number of esters is 4. The number of aromatic hydroxyl groups is 2. The first-order valence-corrected chi connectivity index (χ1v) is 11.0. The van der Waals surface area contributed by atoms with Crippen LogP contribution in [0.3, 0.4) is 0 Å². The fourth-order valence-corrected chi connectivity index (χ4v) is 3.03. The number of aryl methyl sites for hydroxylation is 2. The van der Waals surface area contributed by atoms with E-state index < -0.39 is 23.9 Å². The topological polar surface area (TPSA) is 146 Å². The van der Waals surface area contributed by atoms with Gasteiger partial charge in [-0.05, 0) is 38.1 Å². The Labute approximate surface area is 209 Å². The fourth-order valence-electron chi connectivity index (χ4n) is 3.03. The predicted octanol–water partition coefficient (Wildman–Crippen LogP) is 3.65. The highest BCUT2D eigenvalue weighted by Crippen LogP contribution is 2.27. The third kappa shape index (κ3) is 10.9. The lowest BCUT2D eigenvalue weighted by Crippen LogP contribution is -2.03. The normalized spacial score (nSPS) is 9.94. The predicted molar refractivity (Wildman–Crippen MR) is 128 cm³/mol. The highest BCUT2D eigenvalue weighted by atomic mass is 16.5. The third-order valence-corrected chi connectivity index (χ3v) is 4.55. The minimum Gasteiger partial charge on any atom is -0.507 e. The molecule has 0 bridgehead atoms. The molecule has 0 aliphatic heterocycles. The Morgan fingerprint density at radius 2 is 0.722 bits per heavy atom. The van der Waals surface area contributed by atoms with Crippen LogP contribution in [0.2, 0.25) is 0 Å². The van der Waals surface area contributed by atoms with Crippen molar-refractivity contribution >= 4 is 23.9 Å². The van der Waals surface area contributed by atoms with Crippen molar-refractivity contribution in [3.8, 4) is 11.5 Å². The van der Waals surface area contributed by atoms with Gasteiger partial charge in [0.25, 0.3) is 0 Å². The number of ether oxygens (including phenoxy) is 4. The van der Waals surface area contributed by atoms with E-state index in [0.29, 0.717) is 22.3 Å². The fraction of sp³-hybridized carbons (Fsp3) is 0.385. The molecule has 0 aromatic heterocycles. The van der Waals surface area contributed by atoms with Crippen LogP contribution in [-0.2, 0) is 64.6 Å². The maximum atomic E-state index is 10.7. The molecular formula is C26H32O10. The molecular weight excluding hydrogens is 472 g/mol. The lowest BCUT2D eigenvalue weighted by atomic mass is 10.1. The monoisotopic (exact) mass is 504 g/mol. The Bertz CT molecular complexity index is 938. The summed E-state index contributed by atoms with van der Waals surface area (Å²) in [6.07, 6.45) is 0. The van der Waals surface area contributed by atoms with Gasteiger partial charge in [-0.15, -0.1) is 0 Å². The molecule has 0 aliphatic carbocycles. The summed E-state index contributed by atoms with van der Waals surface area (Å²) in [7, 11) is 0. The summed E-state index contributed by atoms with van der Waals surface area (Å²) in [5.41, 5.74) is 3.74. The number of rotatable bonds is 8. The van der Waals surface area contributed by atoms with E-state index in [0.717, 1.165) is 11.1 Å². The van der Waals surface area contributed by atoms with E-state index in [1.165, 1.54) is 27.7 Å². The molecule has 0 atom stereocenters. The second kappa shape index (κ2) is 14.3. The van der Waals surface area contributed by atoms with E-state index in [2.05, 4.69) is 0 Å². The zero-order valence-corrected chi connectivity index (χ0v) is 21.3. The number of phenols is 2. The van der Waals surface area contributed by atoms with Crippen molar-refractivity contribution in [3.05, 3.63) is 57.6 Å². The highest BCUT2D eigenvalue weighted by Gasteiger charge is 2.12. The number of phenolic OH excluding ortho intramolecular Hbond substituents is 2.